The Bertz CT molecular complexity index is 1240. The normalized spacial score (nSPS) is 14.8. The smallest absolute Gasteiger partial charge is 0.337 e. The number of aryl methyl sites for hydroxylation is 3. The molecule has 0 saturated heterocycles. The summed E-state index contributed by atoms with van der Waals surface area (Å²) >= 11 is 0. The Hall–Kier alpha value is -2.96. The predicted molar refractivity (Wildman–Crippen MR) is 130 cm³/mol. The van der Waals surface area contributed by atoms with E-state index in [1.807, 2.05) is 65.8 Å². The third-order valence-electron chi connectivity index (χ3n) is 6.32. The molecule has 33 heavy (non-hydrogen) atoms. The first kappa shape index (κ1) is 23.2. The summed E-state index contributed by atoms with van der Waals surface area (Å²) < 4.78 is 6.10. The molecule has 0 fully saturated rings. The number of nitrogens with one attached hydrogen (secondary N) is 1. The highest BCUT2D eigenvalue weighted by Gasteiger charge is 2.34. The van der Waals surface area contributed by atoms with Crippen LogP contribution in [0, 0.1) is 20.8 Å². The standard InChI is InChI=1S/C27H32N2O4/c1-14-7-9-17(10-8-14)20-15(2)21-18-11-12-28-13-19(18)25(30)29-23(21)16(3)22(20)24(26(31)32)33-27(4,5)6/h7-10,24,28H,11-13H2,1-6H3,(H,29,30)(H,31,32)/t24-/m0/s1. The van der Waals surface area contributed by atoms with Crippen LogP contribution in [0.15, 0.2) is 24.3 Å². The number of carboxylic acids is 1. The van der Waals surface area contributed by atoms with Crippen molar-refractivity contribution >= 4 is 16.9 Å². The molecule has 4 rings (SSSR count). The predicted octanol–water partition coefficient (Wildman–Crippen LogP) is 5.12. The first-order valence-electron chi connectivity index (χ1n) is 11.4. The molecular weight excluding hydrogens is 416 g/mol. The number of ether oxygens (including phenoxy) is 1. The number of nitrogens with zero attached hydrogens (tertiary/aromatic N) is 1. The van der Waals surface area contributed by atoms with E-state index in [0.29, 0.717) is 17.6 Å². The molecule has 1 aliphatic rings. The van der Waals surface area contributed by atoms with Gasteiger partial charge in [-0.2, -0.15) is 0 Å². The summed E-state index contributed by atoms with van der Waals surface area (Å²) in [6.45, 7) is 12.9. The van der Waals surface area contributed by atoms with E-state index < -0.39 is 17.7 Å². The monoisotopic (exact) mass is 448 g/mol. The maximum Gasteiger partial charge on any atom is 0.337 e. The molecule has 1 atom stereocenters. The minimum Gasteiger partial charge on any atom is -0.493 e. The van der Waals surface area contributed by atoms with Gasteiger partial charge in [-0.25, -0.2) is 9.78 Å². The second kappa shape index (κ2) is 8.43. The van der Waals surface area contributed by atoms with Crippen molar-refractivity contribution in [2.24, 2.45) is 0 Å². The maximum atomic E-state index is 12.5. The van der Waals surface area contributed by atoms with Crippen molar-refractivity contribution in [1.29, 1.82) is 0 Å². The topological polar surface area (TPSA) is 91.7 Å². The van der Waals surface area contributed by atoms with Crippen LogP contribution < -0.4 is 5.32 Å². The molecule has 3 N–H and O–H groups in total. The number of fused-ring (bicyclic) bond motifs is 3. The van der Waals surface area contributed by atoms with E-state index >= 15 is 0 Å². The Morgan fingerprint density at radius 1 is 1.09 bits per heavy atom. The number of carbonyl (C=O) groups is 1. The molecule has 3 aromatic rings. The average Bonchev–Trinajstić information content (AvgIpc) is 2.74. The number of hydrogen-bond acceptors (Lipinski definition) is 5. The van der Waals surface area contributed by atoms with Gasteiger partial charge in [-0.1, -0.05) is 29.8 Å². The summed E-state index contributed by atoms with van der Waals surface area (Å²) in [5, 5.41) is 25.3. The summed E-state index contributed by atoms with van der Waals surface area (Å²) in [5.74, 6) is -1.05. The Morgan fingerprint density at radius 2 is 1.76 bits per heavy atom. The van der Waals surface area contributed by atoms with Crippen LogP contribution in [0.25, 0.3) is 22.0 Å². The van der Waals surface area contributed by atoms with E-state index in [-0.39, 0.29) is 5.88 Å². The van der Waals surface area contributed by atoms with Crippen LogP contribution in [0.2, 0.25) is 0 Å². The van der Waals surface area contributed by atoms with Gasteiger partial charge >= 0.3 is 5.97 Å². The zero-order valence-electron chi connectivity index (χ0n) is 20.2. The number of aromatic nitrogens is 1. The van der Waals surface area contributed by atoms with E-state index in [1.54, 1.807) is 0 Å². The molecule has 0 spiro atoms. The van der Waals surface area contributed by atoms with Gasteiger partial charge in [0.05, 0.1) is 11.1 Å². The minimum atomic E-state index is -1.17. The molecule has 0 amide bonds. The first-order chi connectivity index (χ1) is 15.5. The fraction of sp³-hybridized carbons (Fsp3) is 0.407. The third-order valence-corrected chi connectivity index (χ3v) is 6.32. The molecule has 2 aromatic carbocycles. The Balaban J connectivity index is 2.15. The molecule has 2 heterocycles. The molecule has 0 unspecified atom stereocenters. The van der Waals surface area contributed by atoms with E-state index in [9.17, 15) is 15.0 Å². The summed E-state index contributed by atoms with van der Waals surface area (Å²) in [5.41, 5.74) is 7.09. The average molecular weight is 449 g/mol. The van der Waals surface area contributed by atoms with Crippen molar-refractivity contribution in [1.82, 2.24) is 10.3 Å². The number of aromatic hydroxyl groups is 1. The zero-order valence-corrected chi connectivity index (χ0v) is 20.2. The van der Waals surface area contributed by atoms with Gasteiger partial charge in [-0.15, -0.1) is 0 Å². The van der Waals surface area contributed by atoms with Gasteiger partial charge < -0.3 is 20.3 Å². The molecule has 0 radical (unpaired) electrons. The Kier molecular flexibility index (Phi) is 5.93. The number of rotatable bonds is 4. The van der Waals surface area contributed by atoms with Crippen LogP contribution in [-0.2, 0) is 22.5 Å². The van der Waals surface area contributed by atoms with Gasteiger partial charge in [0.1, 0.15) is 0 Å². The van der Waals surface area contributed by atoms with Crippen LogP contribution in [0.1, 0.15) is 60.3 Å². The van der Waals surface area contributed by atoms with Crippen molar-refractivity contribution in [3.05, 3.63) is 57.6 Å². The summed E-state index contributed by atoms with van der Waals surface area (Å²) in [4.78, 5) is 17.1. The largest absolute Gasteiger partial charge is 0.493 e. The van der Waals surface area contributed by atoms with Crippen LogP contribution >= 0.6 is 0 Å². The van der Waals surface area contributed by atoms with Crippen molar-refractivity contribution < 1.29 is 19.7 Å². The van der Waals surface area contributed by atoms with Crippen molar-refractivity contribution in [3.8, 4) is 17.0 Å². The second-order valence-corrected chi connectivity index (χ2v) is 9.90. The fourth-order valence-corrected chi connectivity index (χ4v) is 4.87. The summed E-state index contributed by atoms with van der Waals surface area (Å²) in [6, 6.07) is 8.13. The third kappa shape index (κ3) is 4.21. The lowest BCUT2D eigenvalue weighted by Crippen LogP contribution is -2.29. The van der Waals surface area contributed by atoms with Gasteiger partial charge in [0, 0.05) is 23.1 Å². The lowest BCUT2D eigenvalue weighted by Gasteiger charge is -2.30. The molecule has 1 aromatic heterocycles. The van der Waals surface area contributed by atoms with E-state index in [4.69, 9.17) is 4.74 Å². The molecule has 6 heteroatoms. The van der Waals surface area contributed by atoms with Gasteiger partial charge in [0.2, 0.25) is 5.88 Å². The van der Waals surface area contributed by atoms with Gasteiger partial charge in [-0.3, -0.25) is 0 Å². The van der Waals surface area contributed by atoms with Gasteiger partial charge in [0.15, 0.2) is 6.10 Å². The summed E-state index contributed by atoms with van der Waals surface area (Å²) in [7, 11) is 0. The lowest BCUT2D eigenvalue weighted by molar-refractivity contribution is -0.160. The second-order valence-electron chi connectivity index (χ2n) is 9.90. The zero-order chi connectivity index (χ0) is 24.1. The fourth-order valence-electron chi connectivity index (χ4n) is 4.87. The van der Waals surface area contributed by atoms with Crippen molar-refractivity contribution in [3.63, 3.8) is 0 Å². The molecule has 174 valence electrons. The van der Waals surface area contributed by atoms with Gasteiger partial charge in [0.25, 0.3) is 0 Å². The molecule has 6 nitrogen and oxygen atoms in total. The molecule has 0 saturated carbocycles. The first-order valence-corrected chi connectivity index (χ1v) is 11.4. The van der Waals surface area contributed by atoms with E-state index in [0.717, 1.165) is 57.3 Å². The number of carboxylic acid groups (broad SMARTS) is 1. The molecule has 1 aliphatic heterocycles. The Labute approximate surface area is 194 Å². The molecule has 0 bridgehead atoms. The minimum absolute atomic E-state index is 0.00449. The highest BCUT2D eigenvalue weighted by Crippen LogP contribution is 2.44. The SMILES string of the molecule is Cc1ccc(-c2c([C@H](OC(C)(C)C)C(=O)O)c(C)c3nc(O)c4c(c3c2C)CCNC4)cc1. The van der Waals surface area contributed by atoms with Crippen LogP contribution in [-0.4, -0.2) is 33.3 Å². The highest BCUT2D eigenvalue weighted by atomic mass is 16.5. The van der Waals surface area contributed by atoms with Crippen molar-refractivity contribution in [2.75, 3.05) is 6.54 Å². The van der Waals surface area contributed by atoms with Crippen LogP contribution in [0.4, 0.5) is 0 Å². The van der Waals surface area contributed by atoms with Crippen LogP contribution in [0.3, 0.4) is 0 Å². The number of hydrogen-bond donors (Lipinski definition) is 3. The van der Waals surface area contributed by atoms with E-state index in [2.05, 4.69) is 10.3 Å². The van der Waals surface area contributed by atoms with Crippen LogP contribution in [0.5, 0.6) is 5.88 Å². The number of benzene rings is 2. The number of aliphatic carboxylic acids is 1. The Morgan fingerprint density at radius 3 is 2.36 bits per heavy atom. The highest BCUT2D eigenvalue weighted by molar-refractivity contribution is 5.99. The lowest BCUT2D eigenvalue weighted by atomic mass is 9.83. The molecular formula is C27H32N2O4. The molecule has 0 aliphatic carbocycles. The number of pyridine rings is 1. The van der Waals surface area contributed by atoms with Gasteiger partial charge in [-0.05, 0) is 82.3 Å². The van der Waals surface area contributed by atoms with E-state index in [1.165, 1.54) is 0 Å². The summed E-state index contributed by atoms with van der Waals surface area (Å²) in [6.07, 6.45) is -0.401. The maximum absolute atomic E-state index is 12.5. The quantitative estimate of drug-likeness (QED) is 0.513. The van der Waals surface area contributed by atoms with Crippen molar-refractivity contribution in [2.45, 2.75) is 66.2 Å².